The predicted octanol–water partition coefficient (Wildman–Crippen LogP) is 0.441. The number of ketones is 1. The normalized spacial score (nSPS) is 17.7. The molecule has 1 heterocycles. The fourth-order valence-electron chi connectivity index (χ4n) is 1.21. The standard InChI is InChI=1S/C11H14N2O2.Y/c1-4-13(5-2)7-9-10(14)6-8(3)12-11(9)15;/h6-7H,1-2,4-5H2,3H3,(H,12,15);/q-2;/b9-7+;. The molecule has 0 aromatic rings. The van der Waals surface area contributed by atoms with E-state index in [0.717, 1.165) is 0 Å². The molecule has 0 bridgehead atoms. The van der Waals surface area contributed by atoms with Gasteiger partial charge in [-0.15, -0.1) is 13.1 Å². The molecule has 85 valence electrons. The summed E-state index contributed by atoms with van der Waals surface area (Å²) in [6.07, 6.45) is 2.90. The van der Waals surface area contributed by atoms with E-state index in [0.29, 0.717) is 18.8 Å². The summed E-state index contributed by atoms with van der Waals surface area (Å²) in [6.45, 7) is 9.95. The second-order valence-electron chi connectivity index (χ2n) is 3.22. The van der Waals surface area contributed by atoms with Crippen molar-refractivity contribution in [2.45, 2.75) is 6.92 Å². The van der Waals surface area contributed by atoms with Crippen LogP contribution in [-0.4, -0.2) is 29.7 Å². The third kappa shape index (κ3) is 3.83. The van der Waals surface area contributed by atoms with E-state index in [9.17, 15) is 9.59 Å². The molecule has 1 amide bonds. The fraction of sp³-hybridized carbons (Fsp3) is 0.273. The molecular formula is C11H14N2O2Y-2. The maximum Gasteiger partial charge on any atom is 0.260 e. The first-order chi connectivity index (χ1) is 7.08. The maximum absolute atomic E-state index is 11.5. The average molecular weight is 295 g/mol. The molecule has 1 rings (SSSR count). The number of hydrogen-bond acceptors (Lipinski definition) is 3. The molecular weight excluding hydrogens is 281 g/mol. The van der Waals surface area contributed by atoms with Crippen molar-refractivity contribution in [2.24, 2.45) is 0 Å². The van der Waals surface area contributed by atoms with Crippen molar-refractivity contribution in [1.29, 1.82) is 0 Å². The summed E-state index contributed by atoms with van der Waals surface area (Å²) in [6, 6.07) is 0. The van der Waals surface area contributed by atoms with E-state index in [1.807, 2.05) is 0 Å². The van der Waals surface area contributed by atoms with Gasteiger partial charge in [0, 0.05) is 50.7 Å². The van der Waals surface area contributed by atoms with Crippen LogP contribution in [-0.2, 0) is 42.3 Å². The Balaban J connectivity index is 0.00000225. The van der Waals surface area contributed by atoms with Crippen LogP contribution in [0.5, 0.6) is 0 Å². The molecule has 0 fully saturated rings. The Hall–Kier alpha value is -0.476. The molecule has 1 aliphatic heterocycles. The van der Waals surface area contributed by atoms with Crippen molar-refractivity contribution >= 4 is 11.7 Å². The number of nitrogens with zero attached hydrogens (tertiary/aromatic N) is 1. The van der Waals surface area contributed by atoms with E-state index >= 15 is 0 Å². The van der Waals surface area contributed by atoms with Crippen LogP contribution in [0.25, 0.3) is 0 Å². The van der Waals surface area contributed by atoms with Gasteiger partial charge in [-0.2, -0.15) is 0 Å². The van der Waals surface area contributed by atoms with Crippen LogP contribution >= 0.6 is 0 Å². The first-order valence-corrected chi connectivity index (χ1v) is 4.66. The molecule has 0 aromatic heterocycles. The third-order valence-corrected chi connectivity index (χ3v) is 2.05. The number of nitrogens with one attached hydrogen (secondary N) is 1. The number of rotatable bonds is 3. The molecule has 4 nitrogen and oxygen atoms in total. The van der Waals surface area contributed by atoms with Crippen LogP contribution in [0.15, 0.2) is 23.5 Å². The Morgan fingerprint density at radius 2 is 1.94 bits per heavy atom. The summed E-state index contributed by atoms with van der Waals surface area (Å²) in [5.41, 5.74) is 0.700. The summed E-state index contributed by atoms with van der Waals surface area (Å²) in [4.78, 5) is 24.7. The van der Waals surface area contributed by atoms with Gasteiger partial charge in [0.2, 0.25) is 0 Å². The summed E-state index contributed by atoms with van der Waals surface area (Å²) >= 11 is 0. The van der Waals surface area contributed by atoms with Crippen LogP contribution in [0.3, 0.4) is 0 Å². The predicted molar refractivity (Wildman–Crippen MR) is 57.3 cm³/mol. The molecule has 1 radical (unpaired) electrons. The number of carbonyl (C=O) groups excluding carboxylic acids is 2. The number of allylic oxidation sites excluding steroid dienone is 2. The Labute approximate surface area is 121 Å². The molecule has 1 aliphatic rings. The smallest absolute Gasteiger partial charge is 0.260 e. The zero-order chi connectivity index (χ0) is 11.4. The number of carbonyl (C=O) groups is 2. The van der Waals surface area contributed by atoms with Crippen LogP contribution in [0, 0.1) is 13.8 Å². The molecule has 0 aliphatic carbocycles. The molecule has 0 spiro atoms. The van der Waals surface area contributed by atoms with Gasteiger partial charge in [-0.05, 0) is 6.92 Å². The first kappa shape index (κ1) is 15.5. The van der Waals surface area contributed by atoms with Gasteiger partial charge in [-0.1, -0.05) is 0 Å². The molecule has 0 atom stereocenters. The van der Waals surface area contributed by atoms with Gasteiger partial charge in [-0.25, -0.2) is 0 Å². The van der Waals surface area contributed by atoms with Gasteiger partial charge in [0.25, 0.3) is 5.91 Å². The van der Waals surface area contributed by atoms with E-state index in [1.165, 1.54) is 12.3 Å². The van der Waals surface area contributed by atoms with Crippen LogP contribution in [0.2, 0.25) is 0 Å². The number of amides is 1. The van der Waals surface area contributed by atoms with E-state index in [-0.39, 0.29) is 50.0 Å². The van der Waals surface area contributed by atoms with Gasteiger partial charge in [0.05, 0.1) is 0 Å². The molecule has 0 unspecified atom stereocenters. The molecule has 16 heavy (non-hydrogen) atoms. The van der Waals surface area contributed by atoms with Gasteiger partial charge in [-0.3, -0.25) is 9.59 Å². The molecule has 1 N–H and O–H groups in total. The van der Waals surface area contributed by atoms with Crippen molar-refractivity contribution in [3.63, 3.8) is 0 Å². The van der Waals surface area contributed by atoms with E-state index < -0.39 is 0 Å². The summed E-state index contributed by atoms with van der Waals surface area (Å²) in [7, 11) is 0. The topological polar surface area (TPSA) is 49.4 Å². The van der Waals surface area contributed by atoms with Gasteiger partial charge >= 0.3 is 0 Å². The average Bonchev–Trinajstić information content (AvgIpc) is 2.17. The van der Waals surface area contributed by atoms with E-state index in [4.69, 9.17) is 0 Å². The van der Waals surface area contributed by atoms with Crippen molar-refractivity contribution < 1.29 is 42.3 Å². The largest absolute Gasteiger partial charge is 0.437 e. The van der Waals surface area contributed by atoms with Gasteiger partial charge in [0.1, 0.15) is 5.57 Å². The number of hydrogen-bond donors (Lipinski definition) is 1. The molecule has 5 heteroatoms. The van der Waals surface area contributed by atoms with Crippen LogP contribution in [0.1, 0.15) is 6.92 Å². The van der Waals surface area contributed by atoms with E-state index in [2.05, 4.69) is 19.2 Å². The second-order valence-corrected chi connectivity index (χ2v) is 3.22. The monoisotopic (exact) mass is 295 g/mol. The van der Waals surface area contributed by atoms with Crippen LogP contribution < -0.4 is 5.32 Å². The quantitative estimate of drug-likeness (QED) is 0.467. The minimum absolute atomic E-state index is 0. The maximum atomic E-state index is 11.5. The molecule has 0 saturated heterocycles. The minimum Gasteiger partial charge on any atom is -0.437 e. The summed E-state index contributed by atoms with van der Waals surface area (Å²) < 4.78 is 0. The third-order valence-electron chi connectivity index (χ3n) is 2.05. The SMILES string of the molecule is [CH2-]CN(/C=C1\C(=O)C=C(C)NC1=O)C[CH2-].[Y]. The van der Waals surface area contributed by atoms with Gasteiger partial charge in [0.15, 0.2) is 5.78 Å². The zero-order valence-electron chi connectivity index (χ0n) is 9.32. The molecule has 0 saturated carbocycles. The minimum atomic E-state index is -0.369. The Morgan fingerprint density at radius 1 is 1.38 bits per heavy atom. The Kier molecular flexibility index (Phi) is 6.76. The fourth-order valence-corrected chi connectivity index (χ4v) is 1.21. The summed E-state index contributed by atoms with van der Waals surface area (Å²) in [5.74, 6) is -0.643. The molecule has 0 aromatic carbocycles. The van der Waals surface area contributed by atoms with Crippen molar-refractivity contribution in [3.8, 4) is 0 Å². The first-order valence-electron chi connectivity index (χ1n) is 4.66. The van der Waals surface area contributed by atoms with Crippen molar-refractivity contribution in [3.05, 3.63) is 37.4 Å². The summed E-state index contributed by atoms with van der Waals surface area (Å²) in [5, 5.41) is 2.58. The van der Waals surface area contributed by atoms with Crippen molar-refractivity contribution in [1.82, 2.24) is 10.2 Å². The van der Waals surface area contributed by atoms with E-state index in [1.54, 1.807) is 11.8 Å². The second kappa shape index (κ2) is 6.97. The Morgan fingerprint density at radius 3 is 2.38 bits per heavy atom. The van der Waals surface area contributed by atoms with Gasteiger partial charge < -0.3 is 24.1 Å². The Bertz CT molecular complexity index is 344. The van der Waals surface area contributed by atoms with Crippen molar-refractivity contribution in [2.75, 3.05) is 13.1 Å². The zero-order valence-corrected chi connectivity index (χ0v) is 12.2. The van der Waals surface area contributed by atoms with Crippen LogP contribution in [0.4, 0.5) is 0 Å².